The molecule has 0 radical (unpaired) electrons. The Balaban J connectivity index is 1.64. The SMILES string of the molecule is O=C(Cn1cnnn1)N1CCCN(S(=O)(=O)c2cccs2)CC1. The van der Waals surface area contributed by atoms with E-state index in [4.69, 9.17) is 0 Å². The Kier molecular flexibility index (Phi) is 4.68. The molecule has 3 heterocycles. The predicted molar refractivity (Wildman–Crippen MR) is 82.1 cm³/mol. The second kappa shape index (κ2) is 6.72. The van der Waals surface area contributed by atoms with Gasteiger partial charge in [-0.2, -0.15) is 4.31 Å². The Bertz CT molecular complexity index is 744. The van der Waals surface area contributed by atoms with Gasteiger partial charge in [0.15, 0.2) is 0 Å². The number of hydrogen-bond acceptors (Lipinski definition) is 7. The standard InChI is InChI=1S/C12H16N6O3S2/c19-11(9-17-10-13-14-15-17)16-4-2-5-18(7-6-16)23(20,21)12-3-1-8-22-12/h1,3,8,10H,2,4-7,9H2. The fourth-order valence-corrected chi connectivity index (χ4v) is 5.03. The Morgan fingerprint density at radius 1 is 1.26 bits per heavy atom. The quantitative estimate of drug-likeness (QED) is 0.743. The number of aromatic nitrogens is 4. The van der Waals surface area contributed by atoms with E-state index in [-0.39, 0.29) is 12.5 Å². The van der Waals surface area contributed by atoms with E-state index in [1.807, 2.05) is 0 Å². The summed E-state index contributed by atoms with van der Waals surface area (Å²) in [5.74, 6) is -0.118. The van der Waals surface area contributed by atoms with Gasteiger partial charge in [-0.1, -0.05) is 6.07 Å². The fourth-order valence-electron chi connectivity index (χ4n) is 2.41. The molecule has 9 nitrogen and oxygen atoms in total. The number of sulfonamides is 1. The van der Waals surface area contributed by atoms with E-state index in [0.717, 1.165) is 0 Å². The molecule has 0 atom stereocenters. The molecule has 3 rings (SSSR count). The van der Waals surface area contributed by atoms with Crippen LogP contribution in [0.15, 0.2) is 28.0 Å². The first-order valence-electron chi connectivity index (χ1n) is 7.09. The van der Waals surface area contributed by atoms with Crippen LogP contribution in [0.25, 0.3) is 0 Å². The smallest absolute Gasteiger partial charge is 0.252 e. The first-order valence-corrected chi connectivity index (χ1v) is 9.41. The number of thiophene rings is 1. The third-order valence-corrected chi connectivity index (χ3v) is 6.86. The number of rotatable bonds is 4. The minimum absolute atomic E-state index is 0.0602. The van der Waals surface area contributed by atoms with Crippen LogP contribution in [0.2, 0.25) is 0 Å². The summed E-state index contributed by atoms with van der Waals surface area (Å²) in [4.78, 5) is 13.9. The summed E-state index contributed by atoms with van der Waals surface area (Å²) in [6, 6.07) is 3.32. The van der Waals surface area contributed by atoms with Gasteiger partial charge in [-0.15, -0.1) is 16.4 Å². The zero-order chi connectivity index (χ0) is 16.3. The second-order valence-corrected chi connectivity index (χ2v) is 8.19. The van der Waals surface area contributed by atoms with E-state index in [1.165, 1.54) is 26.7 Å². The zero-order valence-electron chi connectivity index (χ0n) is 12.3. The molecule has 0 saturated carbocycles. The average molecular weight is 356 g/mol. The lowest BCUT2D eigenvalue weighted by atomic mass is 10.4. The summed E-state index contributed by atoms with van der Waals surface area (Å²) >= 11 is 1.20. The minimum atomic E-state index is -3.46. The van der Waals surface area contributed by atoms with Crippen LogP contribution < -0.4 is 0 Å². The number of hydrogen-bond donors (Lipinski definition) is 0. The first kappa shape index (κ1) is 16.0. The van der Waals surface area contributed by atoms with Gasteiger partial charge in [-0.3, -0.25) is 4.79 Å². The molecular weight excluding hydrogens is 340 g/mol. The number of tetrazole rings is 1. The normalized spacial score (nSPS) is 17.1. The van der Waals surface area contributed by atoms with Crippen molar-refractivity contribution in [1.82, 2.24) is 29.4 Å². The first-order chi connectivity index (χ1) is 11.1. The van der Waals surface area contributed by atoms with E-state index < -0.39 is 10.0 Å². The molecule has 23 heavy (non-hydrogen) atoms. The van der Waals surface area contributed by atoms with Gasteiger partial charge in [-0.25, -0.2) is 13.1 Å². The summed E-state index contributed by atoms with van der Waals surface area (Å²) in [7, 11) is -3.46. The van der Waals surface area contributed by atoms with E-state index >= 15 is 0 Å². The molecular formula is C12H16N6O3S2. The van der Waals surface area contributed by atoms with Gasteiger partial charge in [0, 0.05) is 26.2 Å². The van der Waals surface area contributed by atoms with Gasteiger partial charge in [-0.05, 0) is 28.3 Å². The number of nitrogens with zero attached hydrogens (tertiary/aromatic N) is 6. The second-order valence-electron chi connectivity index (χ2n) is 5.08. The lowest BCUT2D eigenvalue weighted by Crippen LogP contribution is -2.38. The lowest BCUT2D eigenvalue weighted by molar-refractivity contribution is -0.131. The van der Waals surface area contributed by atoms with Crippen molar-refractivity contribution in [2.24, 2.45) is 0 Å². The van der Waals surface area contributed by atoms with Crippen LogP contribution in [-0.2, 0) is 21.4 Å². The van der Waals surface area contributed by atoms with Gasteiger partial charge in [0.1, 0.15) is 17.1 Å². The molecule has 0 spiro atoms. The van der Waals surface area contributed by atoms with Crippen molar-refractivity contribution in [2.75, 3.05) is 26.2 Å². The fraction of sp³-hybridized carbons (Fsp3) is 0.500. The highest BCUT2D eigenvalue weighted by atomic mass is 32.2. The van der Waals surface area contributed by atoms with Crippen LogP contribution >= 0.6 is 11.3 Å². The molecule has 1 aliphatic heterocycles. The van der Waals surface area contributed by atoms with Crippen LogP contribution in [0.5, 0.6) is 0 Å². The van der Waals surface area contributed by atoms with Gasteiger partial charge in [0.25, 0.3) is 10.0 Å². The van der Waals surface area contributed by atoms with E-state index in [0.29, 0.717) is 36.8 Å². The van der Waals surface area contributed by atoms with Crippen molar-refractivity contribution in [3.63, 3.8) is 0 Å². The highest BCUT2D eigenvalue weighted by Gasteiger charge is 2.28. The maximum Gasteiger partial charge on any atom is 0.252 e. The minimum Gasteiger partial charge on any atom is -0.340 e. The van der Waals surface area contributed by atoms with Crippen molar-refractivity contribution < 1.29 is 13.2 Å². The molecule has 0 aromatic carbocycles. The summed E-state index contributed by atoms with van der Waals surface area (Å²) in [5.41, 5.74) is 0. The van der Waals surface area contributed by atoms with Crippen LogP contribution in [0.1, 0.15) is 6.42 Å². The Morgan fingerprint density at radius 2 is 2.13 bits per heavy atom. The molecule has 124 valence electrons. The van der Waals surface area contributed by atoms with Gasteiger partial charge < -0.3 is 4.90 Å². The summed E-state index contributed by atoms with van der Waals surface area (Å²) in [6.07, 6.45) is 1.98. The highest BCUT2D eigenvalue weighted by Crippen LogP contribution is 2.22. The predicted octanol–water partition coefficient (Wildman–Crippen LogP) is -0.342. The molecule has 2 aromatic rings. The summed E-state index contributed by atoms with van der Waals surface area (Å²) < 4.78 is 28.2. The van der Waals surface area contributed by atoms with E-state index in [2.05, 4.69) is 15.5 Å². The molecule has 1 amide bonds. The maximum atomic E-state index is 12.5. The van der Waals surface area contributed by atoms with Crippen LogP contribution in [0, 0.1) is 0 Å². The Labute approximate surface area is 137 Å². The van der Waals surface area contributed by atoms with Gasteiger partial charge in [0.05, 0.1) is 0 Å². The number of amides is 1. The topological polar surface area (TPSA) is 101 Å². The third kappa shape index (κ3) is 3.57. The Morgan fingerprint density at radius 3 is 2.83 bits per heavy atom. The molecule has 1 aliphatic rings. The van der Waals surface area contributed by atoms with Crippen LogP contribution in [0.3, 0.4) is 0 Å². The van der Waals surface area contributed by atoms with Crippen molar-refractivity contribution in [3.8, 4) is 0 Å². The van der Waals surface area contributed by atoms with E-state index in [9.17, 15) is 13.2 Å². The number of carbonyl (C=O) groups excluding carboxylic acids is 1. The molecule has 0 N–H and O–H groups in total. The van der Waals surface area contributed by atoms with Gasteiger partial charge >= 0.3 is 0 Å². The van der Waals surface area contributed by atoms with E-state index in [1.54, 1.807) is 22.4 Å². The molecule has 0 unspecified atom stereocenters. The number of carbonyl (C=O) groups is 1. The van der Waals surface area contributed by atoms with Gasteiger partial charge in [0.2, 0.25) is 5.91 Å². The molecule has 11 heteroatoms. The molecule has 1 fully saturated rings. The van der Waals surface area contributed by atoms with Crippen molar-refractivity contribution in [3.05, 3.63) is 23.8 Å². The average Bonchev–Trinajstić information content (AvgIpc) is 3.17. The monoisotopic (exact) mass is 356 g/mol. The summed E-state index contributed by atoms with van der Waals surface area (Å²) in [5, 5.41) is 12.4. The molecule has 1 saturated heterocycles. The van der Waals surface area contributed by atoms with Crippen LogP contribution in [0.4, 0.5) is 0 Å². The molecule has 0 aliphatic carbocycles. The lowest BCUT2D eigenvalue weighted by Gasteiger charge is -2.21. The van der Waals surface area contributed by atoms with Crippen molar-refractivity contribution in [2.45, 2.75) is 17.2 Å². The zero-order valence-corrected chi connectivity index (χ0v) is 13.9. The molecule has 0 bridgehead atoms. The largest absolute Gasteiger partial charge is 0.340 e. The summed E-state index contributed by atoms with van der Waals surface area (Å²) in [6.45, 7) is 1.66. The maximum absolute atomic E-state index is 12.5. The van der Waals surface area contributed by atoms with Crippen LogP contribution in [-0.4, -0.2) is 69.9 Å². The highest BCUT2D eigenvalue weighted by molar-refractivity contribution is 7.91. The molecule has 2 aromatic heterocycles. The van der Waals surface area contributed by atoms with Crippen molar-refractivity contribution >= 4 is 27.3 Å². The Hall–Kier alpha value is -1.85. The van der Waals surface area contributed by atoms with Crippen molar-refractivity contribution in [1.29, 1.82) is 0 Å². The third-order valence-electron chi connectivity index (χ3n) is 3.59.